The van der Waals surface area contributed by atoms with Crippen molar-refractivity contribution in [3.63, 3.8) is 0 Å². The second-order valence-corrected chi connectivity index (χ2v) is 5.15. The number of nitrogens with two attached hydrogens (primary N) is 1. The van der Waals surface area contributed by atoms with Crippen molar-refractivity contribution in [3.05, 3.63) is 29.8 Å². The number of methoxy groups -OCH3 is 1. The number of benzene rings is 1. The maximum absolute atomic E-state index is 9.28. The van der Waals surface area contributed by atoms with Crippen LogP contribution in [0.1, 0.15) is 18.4 Å². The van der Waals surface area contributed by atoms with E-state index in [4.69, 9.17) is 10.5 Å². The van der Waals surface area contributed by atoms with Gasteiger partial charge in [0, 0.05) is 6.54 Å². The summed E-state index contributed by atoms with van der Waals surface area (Å²) in [6.45, 7) is 0.841. The Labute approximate surface area is 123 Å². The summed E-state index contributed by atoms with van der Waals surface area (Å²) in [5, 5.41) is 16.9. The van der Waals surface area contributed by atoms with E-state index in [0.717, 1.165) is 18.0 Å². The van der Waals surface area contributed by atoms with Crippen molar-refractivity contribution in [2.75, 3.05) is 24.7 Å². The molecule has 0 unspecified atom stereocenters. The summed E-state index contributed by atoms with van der Waals surface area (Å²) < 4.78 is 6.71. The van der Waals surface area contributed by atoms with Crippen molar-refractivity contribution in [3.8, 4) is 17.5 Å². The lowest BCUT2D eigenvalue weighted by atomic mass is 10.3. The third kappa shape index (κ3) is 2.63. The van der Waals surface area contributed by atoms with E-state index in [-0.39, 0.29) is 0 Å². The van der Waals surface area contributed by atoms with Crippen molar-refractivity contribution in [2.24, 2.45) is 5.92 Å². The minimum absolute atomic E-state index is 0.348. The molecule has 1 fully saturated rings. The summed E-state index contributed by atoms with van der Waals surface area (Å²) >= 11 is 0. The van der Waals surface area contributed by atoms with Crippen LogP contribution in [0.4, 0.5) is 11.6 Å². The maximum Gasteiger partial charge on any atom is 0.168 e. The van der Waals surface area contributed by atoms with Gasteiger partial charge in [0.15, 0.2) is 5.82 Å². The Kier molecular flexibility index (Phi) is 3.40. The number of rotatable bonds is 5. The second kappa shape index (κ2) is 5.37. The number of aromatic nitrogens is 2. The Morgan fingerprint density at radius 2 is 2.14 bits per heavy atom. The Hall–Kier alpha value is -2.68. The molecule has 0 atom stereocenters. The summed E-state index contributed by atoms with van der Waals surface area (Å²) in [5.41, 5.74) is 7.24. The molecule has 3 rings (SSSR count). The van der Waals surface area contributed by atoms with Crippen LogP contribution in [0.3, 0.4) is 0 Å². The second-order valence-electron chi connectivity index (χ2n) is 5.15. The van der Waals surface area contributed by atoms with Crippen LogP contribution >= 0.6 is 0 Å². The number of nitriles is 1. The molecule has 6 nitrogen and oxygen atoms in total. The van der Waals surface area contributed by atoms with Gasteiger partial charge >= 0.3 is 0 Å². The van der Waals surface area contributed by atoms with Crippen molar-refractivity contribution in [2.45, 2.75) is 12.8 Å². The van der Waals surface area contributed by atoms with Crippen molar-refractivity contribution in [1.29, 1.82) is 5.26 Å². The van der Waals surface area contributed by atoms with Crippen LogP contribution in [0.5, 0.6) is 5.75 Å². The van der Waals surface area contributed by atoms with E-state index in [2.05, 4.69) is 16.5 Å². The van der Waals surface area contributed by atoms with Gasteiger partial charge in [0.25, 0.3) is 0 Å². The highest BCUT2D eigenvalue weighted by Gasteiger charge is 2.23. The molecule has 1 aromatic heterocycles. The van der Waals surface area contributed by atoms with E-state index in [0.29, 0.717) is 23.1 Å². The van der Waals surface area contributed by atoms with E-state index in [9.17, 15) is 5.26 Å². The lowest BCUT2D eigenvalue weighted by Crippen LogP contribution is -2.05. The first-order valence-electron chi connectivity index (χ1n) is 6.90. The Morgan fingerprint density at radius 3 is 2.71 bits per heavy atom. The maximum atomic E-state index is 9.28. The van der Waals surface area contributed by atoms with Gasteiger partial charge in [-0.05, 0) is 43.0 Å². The highest BCUT2D eigenvalue weighted by Crippen LogP contribution is 2.30. The van der Waals surface area contributed by atoms with Crippen molar-refractivity contribution < 1.29 is 4.74 Å². The van der Waals surface area contributed by atoms with E-state index < -0.39 is 0 Å². The molecule has 2 aromatic rings. The van der Waals surface area contributed by atoms with E-state index in [1.54, 1.807) is 11.8 Å². The molecule has 1 saturated carbocycles. The molecule has 1 aliphatic rings. The Bertz CT molecular complexity index is 679. The number of hydrogen-bond acceptors (Lipinski definition) is 5. The van der Waals surface area contributed by atoms with Gasteiger partial charge in [-0.25, -0.2) is 4.68 Å². The van der Waals surface area contributed by atoms with Gasteiger partial charge in [-0.3, -0.25) is 0 Å². The average molecular weight is 283 g/mol. The minimum Gasteiger partial charge on any atom is -0.497 e. The van der Waals surface area contributed by atoms with Gasteiger partial charge in [-0.2, -0.15) is 5.26 Å². The molecule has 1 aromatic carbocycles. The molecule has 108 valence electrons. The summed E-state index contributed by atoms with van der Waals surface area (Å²) in [6, 6.07) is 9.50. The smallest absolute Gasteiger partial charge is 0.168 e. The molecule has 1 aliphatic carbocycles. The standard InChI is InChI=1S/C15H17N5O/c1-21-12-6-4-11(5-7-12)20-14(17)13(8-16)15(19-20)18-9-10-2-3-10/h4-7,10H,2-3,9,17H2,1H3,(H,18,19). The van der Waals surface area contributed by atoms with E-state index in [1.165, 1.54) is 12.8 Å². The Morgan fingerprint density at radius 1 is 1.43 bits per heavy atom. The molecule has 0 amide bonds. The third-order valence-electron chi connectivity index (χ3n) is 3.61. The Balaban J connectivity index is 1.91. The minimum atomic E-state index is 0.348. The molecular formula is C15H17N5O. The fourth-order valence-electron chi connectivity index (χ4n) is 2.15. The molecule has 0 bridgehead atoms. The first-order chi connectivity index (χ1) is 10.2. The van der Waals surface area contributed by atoms with Crippen molar-refractivity contribution in [1.82, 2.24) is 9.78 Å². The first-order valence-corrected chi connectivity index (χ1v) is 6.90. The van der Waals surface area contributed by atoms with Crippen LogP contribution in [0, 0.1) is 17.2 Å². The van der Waals surface area contributed by atoms with Gasteiger partial charge in [0.2, 0.25) is 0 Å². The normalized spacial score (nSPS) is 13.7. The average Bonchev–Trinajstić information content (AvgIpc) is 3.29. The predicted octanol–water partition coefficient (Wildman–Crippen LogP) is 2.16. The van der Waals surface area contributed by atoms with Crippen molar-refractivity contribution >= 4 is 11.6 Å². The van der Waals surface area contributed by atoms with Gasteiger partial charge in [-0.1, -0.05) is 0 Å². The van der Waals surface area contributed by atoms with E-state index in [1.807, 2.05) is 24.3 Å². The lowest BCUT2D eigenvalue weighted by molar-refractivity contribution is 0.414. The summed E-state index contributed by atoms with van der Waals surface area (Å²) in [4.78, 5) is 0. The molecule has 6 heteroatoms. The highest BCUT2D eigenvalue weighted by molar-refractivity contribution is 5.66. The number of nitrogens with zero attached hydrogens (tertiary/aromatic N) is 3. The number of anilines is 2. The van der Waals surface area contributed by atoms with Gasteiger partial charge in [-0.15, -0.1) is 5.10 Å². The lowest BCUT2D eigenvalue weighted by Gasteiger charge is -2.05. The summed E-state index contributed by atoms with van der Waals surface area (Å²) in [7, 11) is 1.62. The molecule has 3 N–H and O–H groups in total. The quantitative estimate of drug-likeness (QED) is 0.877. The fraction of sp³-hybridized carbons (Fsp3) is 0.333. The summed E-state index contributed by atoms with van der Waals surface area (Å²) in [6.07, 6.45) is 2.48. The number of nitrogen functional groups attached to an aromatic ring is 1. The highest BCUT2D eigenvalue weighted by atomic mass is 16.5. The van der Waals surface area contributed by atoms with Crippen LogP contribution in [0.2, 0.25) is 0 Å². The van der Waals surface area contributed by atoms with Gasteiger partial charge in [0.05, 0.1) is 12.8 Å². The fourth-order valence-corrected chi connectivity index (χ4v) is 2.15. The topological polar surface area (TPSA) is 88.9 Å². The van der Waals surface area contributed by atoms with Crippen LogP contribution in [0.25, 0.3) is 5.69 Å². The van der Waals surface area contributed by atoms with Gasteiger partial charge < -0.3 is 15.8 Å². The number of hydrogen-bond donors (Lipinski definition) is 2. The molecule has 0 spiro atoms. The zero-order chi connectivity index (χ0) is 14.8. The monoisotopic (exact) mass is 283 g/mol. The molecule has 0 saturated heterocycles. The molecule has 1 heterocycles. The van der Waals surface area contributed by atoms with Crippen LogP contribution < -0.4 is 15.8 Å². The van der Waals surface area contributed by atoms with Crippen LogP contribution in [-0.2, 0) is 0 Å². The van der Waals surface area contributed by atoms with E-state index >= 15 is 0 Å². The number of ether oxygens (including phenoxy) is 1. The SMILES string of the molecule is COc1ccc(-n2nc(NCC3CC3)c(C#N)c2N)cc1. The summed E-state index contributed by atoms with van der Waals surface area (Å²) in [5.74, 6) is 2.36. The van der Waals surface area contributed by atoms with Crippen LogP contribution in [0.15, 0.2) is 24.3 Å². The largest absolute Gasteiger partial charge is 0.497 e. The first kappa shape index (κ1) is 13.3. The van der Waals surface area contributed by atoms with Gasteiger partial charge in [0.1, 0.15) is 23.2 Å². The zero-order valence-electron chi connectivity index (χ0n) is 11.8. The molecular weight excluding hydrogens is 266 g/mol. The van der Waals surface area contributed by atoms with Crippen LogP contribution in [-0.4, -0.2) is 23.4 Å². The zero-order valence-corrected chi connectivity index (χ0v) is 11.8. The number of nitrogens with one attached hydrogen (secondary N) is 1. The predicted molar refractivity (Wildman–Crippen MR) is 80.5 cm³/mol. The molecule has 0 aliphatic heterocycles. The third-order valence-corrected chi connectivity index (χ3v) is 3.61. The molecule has 0 radical (unpaired) electrons. The molecule has 21 heavy (non-hydrogen) atoms.